The van der Waals surface area contributed by atoms with E-state index in [2.05, 4.69) is 21.4 Å². The zero-order chi connectivity index (χ0) is 25.9. The first-order valence-electron chi connectivity index (χ1n) is 12.4. The number of hydrogen-bond donors (Lipinski definition) is 2. The van der Waals surface area contributed by atoms with Gasteiger partial charge >= 0.3 is 0 Å². The summed E-state index contributed by atoms with van der Waals surface area (Å²) in [6.45, 7) is 1.45. The van der Waals surface area contributed by atoms with Crippen LogP contribution in [-0.4, -0.2) is 53.1 Å². The minimum atomic E-state index is -0.205. The van der Waals surface area contributed by atoms with E-state index < -0.39 is 0 Å². The fourth-order valence-electron chi connectivity index (χ4n) is 4.32. The van der Waals surface area contributed by atoms with Gasteiger partial charge < -0.3 is 24.5 Å². The van der Waals surface area contributed by atoms with Gasteiger partial charge in [0.25, 0.3) is 5.56 Å². The number of fused-ring (bicyclic) bond motifs is 1. The van der Waals surface area contributed by atoms with Crippen LogP contribution in [0.5, 0.6) is 5.75 Å². The van der Waals surface area contributed by atoms with Crippen LogP contribution >= 0.6 is 0 Å². The molecule has 2 N–H and O–H groups in total. The first kappa shape index (κ1) is 24.5. The number of benzene rings is 1. The van der Waals surface area contributed by atoms with Gasteiger partial charge in [0, 0.05) is 77.7 Å². The quantitative estimate of drug-likeness (QED) is 0.332. The van der Waals surface area contributed by atoms with Crippen LogP contribution in [-0.2, 0) is 11.3 Å². The van der Waals surface area contributed by atoms with Crippen molar-refractivity contribution in [2.24, 2.45) is 5.92 Å². The maximum Gasteiger partial charge on any atom is 0.250 e. The van der Waals surface area contributed by atoms with Gasteiger partial charge in [0.2, 0.25) is 5.91 Å². The van der Waals surface area contributed by atoms with Crippen molar-refractivity contribution in [3.05, 3.63) is 77.5 Å². The monoisotopic (exact) mass is 497 g/mol. The molecule has 1 aliphatic rings. The van der Waals surface area contributed by atoms with Crippen LogP contribution in [0.3, 0.4) is 0 Å². The van der Waals surface area contributed by atoms with Crippen molar-refractivity contribution in [3.8, 4) is 28.0 Å². The average molecular weight is 498 g/mol. The highest BCUT2D eigenvalue weighted by Gasteiger charge is 2.22. The third-order valence-corrected chi connectivity index (χ3v) is 6.46. The number of carbonyl (C=O) groups excluding carboxylic acids is 1. The summed E-state index contributed by atoms with van der Waals surface area (Å²) in [4.78, 5) is 34.6. The molecule has 0 saturated heterocycles. The highest BCUT2D eigenvalue weighted by molar-refractivity contribution is 6.00. The number of carbonyl (C=O) groups is 1. The molecule has 5 rings (SSSR count). The SMILES string of the molecule is COc1cc(NC(=O)C=CCN(C)C)cc(-c2cnc3[nH]cc(-c4ccc(=O)n(CC5CC5)c4)c3c2)c1. The number of pyridine rings is 2. The van der Waals surface area contributed by atoms with E-state index in [1.807, 2.05) is 60.2 Å². The van der Waals surface area contributed by atoms with Gasteiger partial charge in [0.15, 0.2) is 0 Å². The number of amides is 1. The second kappa shape index (κ2) is 10.4. The molecule has 3 aromatic heterocycles. The van der Waals surface area contributed by atoms with Crippen molar-refractivity contribution in [2.75, 3.05) is 33.1 Å². The maximum absolute atomic E-state index is 12.4. The van der Waals surface area contributed by atoms with Gasteiger partial charge in [-0.3, -0.25) is 9.59 Å². The van der Waals surface area contributed by atoms with Crippen LogP contribution in [0.4, 0.5) is 5.69 Å². The molecule has 3 heterocycles. The molecule has 0 spiro atoms. The Bertz CT molecular complexity index is 1530. The lowest BCUT2D eigenvalue weighted by Gasteiger charge is -2.11. The number of methoxy groups -OCH3 is 1. The molecule has 1 aromatic carbocycles. The van der Waals surface area contributed by atoms with Crippen LogP contribution < -0.4 is 15.6 Å². The van der Waals surface area contributed by atoms with E-state index >= 15 is 0 Å². The summed E-state index contributed by atoms with van der Waals surface area (Å²) < 4.78 is 7.32. The Morgan fingerprint density at radius 3 is 2.78 bits per heavy atom. The second-order valence-corrected chi connectivity index (χ2v) is 9.78. The number of rotatable bonds is 9. The van der Waals surface area contributed by atoms with E-state index in [0.29, 0.717) is 23.9 Å². The molecular weight excluding hydrogens is 466 g/mol. The van der Waals surface area contributed by atoms with Crippen molar-refractivity contribution in [1.82, 2.24) is 19.4 Å². The van der Waals surface area contributed by atoms with E-state index in [1.54, 1.807) is 25.4 Å². The highest BCUT2D eigenvalue weighted by atomic mass is 16.5. The third kappa shape index (κ3) is 5.81. The van der Waals surface area contributed by atoms with E-state index in [1.165, 1.54) is 18.9 Å². The number of nitrogens with one attached hydrogen (secondary N) is 2. The number of anilines is 1. The number of ether oxygens (including phenoxy) is 1. The van der Waals surface area contributed by atoms with E-state index in [0.717, 1.165) is 39.8 Å². The van der Waals surface area contributed by atoms with E-state index in [9.17, 15) is 9.59 Å². The number of aromatic amines is 1. The third-order valence-electron chi connectivity index (χ3n) is 6.46. The van der Waals surface area contributed by atoms with E-state index in [-0.39, 0.29) is 11.5 Å². The molecule has 1 amide bonds. The van der Waals surface area contributed by atoms with Crippen LogP contribution in [0.25, 0.3) is 33.3 Å². The molecule has 1 saturated carbocycles. The predicted octanol–water partition coefficient (Wildman–Crippen LogP) is 4.53. The van der Waals surface area contributed by atoms with Gasteiger partial charge in [0.1, 0.15) is 11.4 Å². The van der Waals surface area contributed by atoms with Crippen molar-refractivity contribution in [2.45, 2.75) is 19.4 Å². The number of H-pyrrole nitrogens is 1. The van der Waals surface area contributed by atoms with E-state index in [4.69, 9.17) is 4.74 Å². The van der Waals surface area contributed by atoms with Gasteiger partial charge in [-0.1, -0.05) is 6.08 Å². The van der Waals surface area contributed by atoms with Crippen molar-refractivity contribution in [3.63, 3.8) is 0 Å². The Morgan fingerprint density at radius 1 is 1.19 bits per heavy atom. The Morgan fingerprint density at radius 2 is 2.03 bits per heavy atom. The molecule has 0 radical (unpaired) electrons. The molecule has 0 atom stereocenters. The molecule has 8 nitrogen and oxygen atoms in total. The summed E-state index contributed by atoms with van der Waals surface area (Å²) in [6.07, 6.45) is 11.4. The van der Waals surface area contributed by atoms with Crippen molar-refractivity contribution >= 4 is 22.6 Å². The minimum absolute atomic E-state index is 0.0248. The molecule has 1 fully saturated rings. The fraction of sp³-hybridized carbons (Fsp3) is 0.276. The van der Waals surface area contributed by atoms with Crippen molar-refractivity contribution in [1.29, 1.82) is 0 Å². The Hall–Kier alpha value is -4.17. The normalized spacial score (nSPS) is 13.5. The summed E-state index contributed by atoms with van der Waals surface area (Å²) in [5.74, 6) is 1.03. The lowest BCUT2D eigenvalue weighted by Crippen LogP contribution is -2.19. The number of aromatic nitrogens is 3. The predicted molar refractivity (Wildman–Crippen MR) is 147 cm³/mol. The smallest absolute Gasteiger partial charge is 0.250 e. The zero-order valence-corrected chi connectivity index (χ0v) is 21.3. The minimum Gasteiger partial charge on any atom is -0.497 e. The lowest BCUT2D eigenvalue weighted by molar-refractivity contribution is -0.111. The van der Waals surface area contributed by atoms with Gasteiger partial charge in [-0.15, -0.1) is 0 Å². The summed E-state index contributed by atoms with van der Waals surface area (Å²) in [5, 5.41) is 3.87. The molecular formula is C29H31N5O3. The van der Waals surface area contributed by atoms with Crippen LogP contribution in [0.2, 0.25) is 0 Å². The molecule has 190 valence electrons. The molecule has 0 aliphatic heterocycles. The summed E-state index contributed by atoms with van der Waals surface area (Å²) >= 11 is 0. The molecule has 1 aliphatic carbocycles. The lowest BCUT2D eigenvalue weighted by atomic mass is 10.0. The van der Waals surface area contributed by atoms with Crippen LogP contribution in [0, 0.1) is 5.92 Å². The molecule has 0 bridgehead atoms. The van der Waals surface area contributed by atoms with Gasteiger partial charge in [-0.25, -0.2) is 4.98 Å². The number of likely N-dealkylation sites (N-methyl/N-ethyl adjacent to an activating group) is 1. The van der Waals surface area contributed by atoms with Crippen LogP contribution in [0.1, 0.15) is 12.8 Å². The van der Waals surface area contributed by atoms with Gasteiger partial charge in [0.05, 0.1) is 7.11 Å². The molecule has 0 unspecified atom stereocenters. The van der Waals surface area contributed by atoms with Gasteiger partial charge in [-0.05, 0) is 62.7 Å². The fourth-order valence-corrected chi connectivity index (χ4v) is 4.32. The summed E-state index contributed by atoms with van der Waals surface area (Å²) in [7, 11) is 5.49. The average Bonchev–Trinajstić information content (AvgIpc) is 3.60. The Labute approximate surface area is 215 Å². The Kier molecular flexibility index (Phi) is 6.92. The summed E-state index contributed by atoms with van der Waals surface area (Å²) in [6, 6.07) is 11.2. The molecule has 37 heavy (non-hydrogen) atoms. The molecule has 4 aromatic rings. The highest BCUT2D eigenvalue weighted by Crippen LogP contribution is 2.34. The van der Waals surface area contributed by atoms with Crippen LogP contribution in [0.15, 0.2) is 71.9 Å². The Balaban J connectivity index is 1.47. The van der Waals surface area contributed by atoms with Crippen molar-refractivity contribution < 1.29 is 9.53 Å². The first-order valence-corrected chi connectivity index (χ1v) is 12.4. The standard InChI is InChI=1S/C29H31N5O3/c1-33(2)10-4-5-27(35)32-23-11-21(12-24(14-23)37-3)22-13-25-26(16-31-29(25)30-15-22)20-8-9-28(36)34(18-20)17-19-6-7-19/h4-5,8-9,11-16,18-19H,6-7,10,17H2,1-3H3,(H,30,31)(H,32,35). The zero-order valence-electron chi connectivity index (χ0n) is 21.3. The number of nitrogens with zero attached hydrogens (tertiary/aromatic N) is 3. The largest absolute Gasteiger partial charge is 0.497 e. The first-order chi connectivity index (χ1) is 17.9. The molecule has 8 heteroatoms. The maximum atomic E-state index is 12.4. The van der Waals surface area contributed by atoms with Gasteiger partial charge in [-0.2, -0.15) is 0 Å². The second-order valence-electron chi connectivity index (χ2n) is 9.78. The summed E-state index contributed by atoms with van der Waals surface area (Å²) in [5.41, 5.74) is 5.13. The topological polar surface area (TPSA) is 92.2 Å². The number of hydrogen-bond acceptors (Lipinski definition) is 5.